The van der Waals surface area contributed by atoms with E-state index in [1.807, 2.05) is 24.3 Å². The molecule has 2 N–H and O–H groups in total. The van der Waals surface area contributed by atoms with Crippen LogP contribution in [0.1, 0.15) is 12.5 Å². The minimum Gasteiger partial charge on any atom is -0.480 e. The molecule has 0 fully saturated rings. The van der Waals surface area contributed by atoms with E-state index >= 15 is 0 Å². The molecule has 16 heavy (non-hydrogen) atoms. The number of benzene rings is 1. The second-order valence-electron chi connectivity index (χ2n) is 4.01. The molecule has 1 aliphatic heterocycles. The average Bonchev–Trinajstić information content (AvgIpc) is 2.72. The number of fused-ring (bicyclic) bond motifs is 1. The Hall–Kier alpha value is -1.55. The van der Waals surface area contributed by atoms with Crippen LogP contribution in [0.5, 0.6) is 5.75 Å². The van der Waals surface area contributed by atoms with Crippen molar-refractivity contribution in [2.75, 3.05) is 6.61 Å². The highest BCUT2D eigenvalue weighted by atomic mass is 16.5. The highest BCUT2D eigenvalue weighted by molar-refractivity contribution is 5.82. The molecule has 0 spiro atoms. The van der Waals surface area contributed by atoms with E-state index in [9.17, 15) is 4.79 Å². The number of nitrogens with one attached hydrogen (secondary N) is 1. The maximum atomic E-state index is 11.7. The van der Waals surface area contributed by atoms with E-state index in [1.165, 1.54) is 0 Å². The van der Waals surface area contributed by atoms with Crippen LogP contribution in [0, 0.1) is 0 Å². The van der Waals surface area contributed by atoms with Crippen molar-refractivity contribution in [3.05, 3.63) is 29.8 Å². The molecule has 0 saturated carbocycles. The lowest BCUT2D eigenvalue weighted by atomic mass is 10.1. The molecule has 1 amide bonds. The predicted molar refractivity (Wildman–Crippen MR) is 59.3 cm³/mol. The van der Waals surface area contributed by atoms with Crippen LogP contribution in [-0.4, -0.2) is 29.8 Å². The monoisotopic (exact) mass is 221 g/mol. The Morgan fingerprint density at radius 1 is 1.62 bits per heavy atom. The summed E-state index contributed by atoms with van der Waals surface area (Å²) in [6.45, 7) is 1.69. The fourth-order valence-electron chi connectivity index (χ4n) is 1.71. The average molecular weight is 221 g/mol. The Kier molecular flexibility index (Phi) is 3.10. The van der Waals surface area contributed by atoms with Crippen LogP contribution in [0.3, 0.4) is 0 Å². The molecule has 86 valence electrons. The van der Waals surface area contributed by atoms with Crippen molar-refractivity contribution in [2.45, 2.75) is 25.5 Å². The van der Waals surface area contributed by atoms with Crippen LogP contribution in [0.4, 0.5) is 0 Å². The molecule has 2 rings (SSSR count). The van der Waals surface area contributed by atoms with Crippen LogP contribution in [0.15, 0.2) is 24.3 Å². The normalized spacial score (nSPS) is 19.8. The van der Waals surface area contributed by atoms with Gasteiger partial charge in [0.2, 0.25) is 0 Å². The van der Waals surface area contributed by atoms with Gasteiger partial charge in [-0.1, -0.05) is 18.2 Å². The van der Waals surface area contributed by atoms with Gasteiger partial charge < -0.3 is 15.2 Å². The van der Waals surface area contributed by atoms with Gasteiger partial charge in [0.15, 0.2) is 6.10 Å². The molecule has 1 aromatic rings. The zero-order valence-electron chi connectivity index (χ0n) is 9.14. The summed E-state index contributed by atoms with van der Waals surface area (Å²) in [6.07, 6.45) is 0.131. The van der Waals surface area contributed by atoms with Crippen molar-refractivity contribution < 1.29 is 14.6 Å². The molecule has 2 atom stereocenters. The second-order valence-corrected chi connectivity index (χ2v) is 4.01. The van der Waals surface area contributed by atoms with E-state index in [1.54, 1.807) is 6.92 Å². The van der Waals surface area contributed by atoms with Gasteiger partial charge in [-0.05, 0) is 18.6 Å². The van der Waals surface area contributed by atoms with Crippen LogP contribution in [0.2, 0.25) is 0 Å². The van der Waals surface area contributed by atoms with Crippen LogP contribution in [-0.2, 0) is 11.2 Å². The van der Waals surface area contributed by atoms with Gasteiger partial charge in [-0.2, -0.15) is 0 Å². The van der Waals surface area contributed by atoms with Crippen LogP contribution >= 0.6 is 0 Å². The van der Waals surface area contributed by atoms with Gasteiger partial charge >= 0.3 is 0 Å². The third-order valence-corrected chi connectivity index (χ3v) is 2.60. The van der Waals surface area contributed by atoms with Crippen molar-refractivity contribution in [1.82, 2.24) is 5.32 Å². The van der Waals surface area contributed by atoms with Crippen molar-refractivity contribution in [3.63, 3.8) is 0 Å². The molecule has 1 aromatic carbocycles. The molecular formula is C12H15NO3. The number of carbonyl (C=O) groups excluding carboxylic acids is 1. The molecule has 4 nitrogen and oxygen atoms in total. The SMILES string of the molecule is C[C@@H](CO)NC(=O)C1Cc2ccccc2O1. The van der Waals surface area contributed by atoms with Crippen molar-refractivity contribution in [1.29, 1.82) is 0 Å². The summed E-state index contributed by atoms with van der Waals surface area (Å²) < 4.78 is 5.52. The summed E-state index contributed by atoms with van der Waals surface area (Å²) in [5, 5.41) is 11.5. The first-order chi connectivity index (χ1) is 7.70. The fourth-order valence-corrected chi connectivity index (χ4v) is 1.71. The van der Waals surface area contributed by atoms with E-state index in [0.29, 0.717) is 6.42 Å². The number of aliphatic hydroxyl groups excluding tert-OH is 1. The minimum absolute atomic E-state index is 0.0641. The Balaban J connectivity index is 1.98. The van der Waals surface area contributed by atoms with Crippen LogP contribution in [0.25, 0.3) is 0 Å². The number of rotatable bonds is 3. The highest BCUT2D eigenvalue weighted by Crippen LogP contribution is 2.28. The van der Waals surface area contributed by atoms with E-state index in [-0.39, 0.29) is 18.6 Å². The molecule has 0 saturated heterocycles. The second kappa shape index (κ2) is 4.53. The van der Waals surface area contributed by atoms with E-state index in [0.717, 1.165) is 11.3 Å². The maximum absolute atomic E-state index is 11.7. The summed E-state index contributed by atoms with van der Waals surface area (Å²) in [5.41, 5.74) is 1.05. The van der Waals surface area contributed by atoms with E-state index < -0.39 is 6.10 Å². The van der Waals surface area contributed by atoms with Gasteiger partial charge in [0.1, 0.15) is 5.75 Å². The zero-order valence-corrected chi connectivity index (χ0v) is 9.14. The third kappa shape index (κ3) is 2.17. The van der Waals surface area contributed by atoms with Crippen molar-refractivity contribution in [3.8, 4) is 5.75 Å². The number of carbonyl (C=O) groups is 1. The molecule has 1 unspecified atom stereocenters. The zero-order chi connectivity index (χ0) is 11.5. The summed E-state index contributed by atoms with van der Waals surface area (Å²) in [4.78, 5) is 11.7. The van der Waals surface area contributed by atoms with Gasteiger partial charge in [-0.15, -0.1) is 0 Å². The molecule has 0 bridgehead atoms. The predicted octanol–water partition coefficient (Wildman–Crippen LogP) is 0.487. The molecule has 0 aliphatic carbocycles. The van der Waals surface area contributed by atoms with Gasteiger partial charge in [0, 0.05) is 12.5 Å². The Morgan fingerprint density at radius 2 is 2.38 bits per heavy atom. The van der Waals surface area contributed by atoms with E-state index in [4.69, 9.17) is 9.84 Å². The van der Waals surface area contributed by atoms with E-state index in [2.05, 4.69) is 5.32 Å². The lowest BCUT2D eigenvalue weighted by Gasteiger charge is -2.14. The smallest absolute Gasteiger partial charge is 0.261 e. The van der Waals surface area contributed by atoms with Gasteiger partial charge in [0.05, 0.1) is 6.61 Å². The first-order valence-corrected chi connectivity index (χ1v) is 5.36. The van der Waals surface area contributed by atoms with Gasteiger partial charge in [0.25, 0.3) is 5.91 Å². The topological polar surface area (TPSA) is 58.6 Å². The number of aliphatic hydroxyl groups is 1. The molecular weight excluding hydrogens is 206 g/mol. The fraction of sp³-hybridized carbons (Fsp3) is 0.417. The summed E-state index contributed by atoms with van der Waals surface area (Å²) in [5.74, 6) is 0.608. The first kappa shape index (κ1) is 11.0. The summed E-state index contributed by atoms with van der Waals surface area (Å²) in [6, 6.07) is 7.39. The summed E-state index contributed by atoms with van der Waals surface area (Å²) in [7, 11) is 0. The lowest BCUT2D eigenvalue weighted by molar-refractivity contribution is -0.128. The van der Waals surface area contributed by atoms with Crippen molar-refractivity contribution >= 4 is 5.91 Å². The largest absolute Gasteiger partial charge is 0.480 e. The Bertz CT molecular complexity index is 367. The highest BCUT2D eigenvalue weighted by Gasteiger charge is 2.29. The quantitative estimate of drug-likeness (QED) is 0.780. The lowest BCUT2D eigenvalue weighted by Crippen LogP contribution is -2.43. The van der Waals surface area contributed by atoms with Gasteiger partial charge in [-0.3, -0.25) is 4.79 Å². The number of hydrogen-bond acceptors (Lipinski definition) is 3. The number of ether oxygens (including phenoxy) is 1. The molecule has 4 heteroatoms. The minimum atomic E-state index is -0.466. The standard InChI is InChI=1S/C12H15NO3/c1-8(7-14)13-12(15)11-6-9-4-2-3-5-10(9)16-11/h2-5,8,11,14H,6-7H2,1H3,(H,13,15)/t8-,11?/m0/s1. The first-order valence-electron chi connectivity index (χ1n) is 5.36. The third-order valence-electron chi connectivity index (χ3n) is 2.60. The number of amides is 1. The number of para-hydroxylation sites is 1. The summed E-state index contributed by atoms with van der Waals surface area (Å²) >= 11 is 0. The number of hydrogen-bond donors (Lipinski definition) is 2. The van der Waals surface area contributed by atoms with Crippen molar-refractivity contribution in [2.24, 2.45) is 0 Å². The maximum Gasteiger partial charge on any atom is 0.261 e. The molecule has 1 heterocycles. The molecule has 0 radical (unpaired) electrons. The molecule has 0 aromatic heterocycles. The molecule has 1 aliphatic rings. The van der Waals surface area contributed by atoms with Gasteiger partial charge in [-0.25, -0.2) is 0 Å². The Morgan fingerprint density at radius 3 is 3.06 bits per heavy atom. The van der Waals surface area contributed by atoms with Crippen LogP contribution < -0.4 is 10.1 Å². The Labute approximate surface area is 94.2 Å².